The Balaban J connectivity index is 2.95. The maximum Gasteiger partial charge on any atom is 0.208 e. The van der Waals surface area contributed by atoms with E-state index in [1.165, 1.54) is 0 Å². The number of imidazole rings is 1. The Labute approximate surface area is 62.3 Å². The van der Waals surface area contributed by atoms with Crippen molar-refractivity contribution in [3.63, 3.8) is 0 Å². The standard InChI is InChI=1S/C6H4ClN3/c7-6-9-2-1-5-8-3-4-10(5)6/h1-4H. The molecule has 0 saturated heterocycles. The van der Waals surface area contributed by atoms with Gasteiger partial charge in [-0.05, 0) is 17.7 Å². The zero-order chi connectivity index (χ0) is 6.97. The summed E-state index contributed by atoms with van der Waals surface area (Å²) in [4.78, 5) is 7.89. The van der Waals surface area contributed by atoms with Crippen molar-refractivity contribution in [1.29, 1.82) is 0 Å². The van der Waals surface area contributed by atoms with E-state index in [0.717, 1.165) is 5.65 Å². The van der Waals surface area contributed by atoms with Gasteiger partial charge in [0.05, 0.1) is 0 Å². The summed E-state index contributed by atoms with van der Waals surface area (Å²) in [5.74, 6) is 0. The van der Waals surface area contributed by atoms with Crippen molar-refractivity contribution in [1.82, 2.24) is 14.4 Å². The summed E-state index contributed by atoms with van der Waals surface area (Å²) in [7, 11) is 0. The number of hydrogen-bond acceptors (Lipinski definition) is 2. The minimum absolute atomic E-state index is 0.440. The molecular weight excluding hydrogens is 150 g/mol. The van der Waals surface area contributed by atoms with E-state index in [4.69, 9.17) is 11.6 Å². The van der Waals surface area contributed by atoms with Gasteiger partial charge in [0.25, 0.3) is 0 Å². The van der Waals surface area contributed by atoms with E-state index in [1.807, 2.05) is 0 Å². The molecule has 0 atom stereocenters. The van der Waals surface area contributed by atoms with Crippen LogP contribution in [0, 0.1) is 0 Å². The fraction of sp³-hybridized carbons (Fsp3) is 0. The Morgan fingerprint density at radius 1 is 1.30 bits per heavy atom. The molecule has 2 rings (SSSR count). The minimum Gasteiger partial charge on any atom is -0.274 e. The van der Waals surface area contributed by atoms with Gasteiger partial charge in [0, 0.05) is 18.6 Å². The van der Waals surface area contributed by atoms with E-state index in [2.05, 4.69) is 9.97 Å². The first-order valence-corrected chi connectivity index (χ1v) is 3.19. The molecule has 2 aromatic rings. The van der Waals surface area contributed by atoms with E-state index >= 15 is 0 Å². The molecule has 2 heterocycles. The molecule has 0 amide bonds. The molecule has 3 nitrogen and oxygen atoms in total. The third-order valence-corrected chi connectivity index (χ3v) is 1.55. The molecule has 0 unspecified atom stereocenters. The van der Waals surface area contributed by atoms with Crippen molar-refractivity contribution in [3.05, 3.63) is 29.9 Å². The fourth-order valence-electron chi connectivity index (χ4n) is 0.822. The van der Waals surface area contributed by atoms with E-state index < -0.39 is 0 Å². The van der Waals surface area contributed by atoms with Crippen molar-refractivity contribution in [2.45, 2.75) is 0 Å². The molecule has 4 heteroatoms. The van der Waals surface area contributed by atoms with Crippen LogP contribution in [-0.4, -0.2) is 14.4 Å². The van der Waals surface area contributed by atoms with E-state index in [1.54, 1.807) is 29.1 Å². The third kappa shape index (κ3) is 0.675. The zero-order valence-electron chi connectivity index (χ0n) is 5.03. The van der Waals surface area contributed by atoms with Crippen molar-refractivity contribution in [3.8, 4) is 0 Å². The van der Waals surface area contributed by atoms with E-state index in [9.17, 15) is 0 Å². The highest BCUT2D eigenvalue weighted by Crippen LogP contribution is 2.06. The predicted molar refractivity (Wildman–Crippen MR) is 38.0 cm³/mol. The molecule has 0 aliphatic carbocycles. The molecule has 0 N–H and O–H groups in total. The summed E-state index contributed by atoms with van der Waals surface area (Å²) >= 11 is 5.71. The van der Waals surface area contributed by atoms with Gasteiger partial charge in [-0.25, -0.2) is 9.97 Å². The molecule has 0 aromatic carbocycles. The van der Waals surface area contributed by atoms with Crippen LogP contribution in [0.5, 0.6) is 0 Å². The Kier molecular flexibility index (Phi) is 1.11. The molecule has 0 spiro atoms. The lowest BCUT2D eigenvalue weighted by Gasteiger charge is -1.92. The summed E-state index contributed by atoms with van der Waals surface area (Å²) in [6, 6.07) is 1.80. The number of nitrogens with zero attached hydrogens (tertiary/aromatic N) is 3. The van der Waals surface area contributed by atoms with Crippen molar-refractivity contribution < 1.29 is 0 Å². The summed E-state index contributed by atoms with van der Waals surface area (Å²) in [6.45, 7) is 0. The second kappa shape index (κ2) is 1.95. The maximum atomic E-state index is 5.71. The maximum absolute atomic E-state index is 5.71. The summed E-state index contributed by atoms with van der Waals surface area (Å²) in [5, 5.41) is 0.440. The highest BCUT2D eigenvalue weighted by Gasteiger charge is 1.95. The quantitative estimate of drug-likeness (QED) is 0.536. The van der Waals surface area contributed by atoms with Crippen LogP contribution >= 0.6 is 11.6 Å². The molecule has 50 valence electrons. The van der Waals surface area contributed by atoms with Gasteiger partial charge in [-0.2, -0.15) is 0 Å². The molecule has 2 aromatic heterocycles. The topological polar surface area (TPSA) is 30.2 Å². The van der Waals surface area contributed by atoms with Crippen LogP contribution < -0.4 is 0 Å². The first-order chi connectivity index (χ1) is 4.88. The number of hydrogen-bond donors (Lipinski definition) is 0. The average Bonchev–Trinajstić information content (AvgIpc) is 2.36. The molecule has 10 heavy (non-hydrogen) atoms. The van der Waals surface area contributed by atoms with Crippen LogP contribution in [0.2, 0.25) is 5.28 Å². The van der Waals surface area contributed by atoms with Crippen molar-refractivity contribution in [2.24, 2.45) is 0 Å². The predicted octanol–water partition coefficient (Wildman–Crippen LogP) is 1.38. The molecule has 0 saturated carbocycles. The van der Waals surface area contributed by atoms with Crippen LogP contribution in [0.3, 0.4) is 0 Å². The Morgan fingerprint density at radius 2 is 2.20 bits per heavy atom. The lowest BCUT2D eigenvalue weighted by molar-refractivity contribution is 1.09. The number of fused-ring (bicyclic) bond motifs is 1. The normalized spacial score (nSPS) is 10.5. The van der Waals surface area contributed by atoms with Gasteiger partial charge in [-0.1, -0.05) is 0 Å². The molecular formula is C6H4ClN3. The second-order valence-electron chi connectivity index (χ2n) is 1.87. The van der Waals surface area contributed by atoms with Gasteiger partial charge < -0.3 is 0 Å². The zero-order valence-corrected chi connectivity index (χ0v) is 5.78. The highest BCUT2D eigenvalue weighted by molar-refractivity contribution is 6.28. The van der Waals surface area contributed by atoms with Gasteiger partial charge in [-0.3, -0.25) is 4.40 Å². The minimum atomic E-state index is 0.440. The largest absolute Gasteiger partial charge is 0.274 e. The summed E-state index contributed by atoms with van der Waals surface area (Å²) < 4.78 is 1.71. The smallest absolute Gasteiger partial charge is 0.208 e. The highest BCUT2D eigenvalue weighted by atomic mass is 35.5. The molecule has 0 fully saturated rings. The van der Waals surface area contributed by atoms with Gasteiger partial charge in [0.2, 0.25) is 5.28 Å². The second-order valence-corrected chi connectivity index (χ2v) is 2.21. The number of halogens is 1. The summed E-state index contributed by atoms with van der Waals surface area (Å²) in [6.07, 6.45) is 5.08. The molecule has 0 aliphatic rings. The van der Waals surface area contributed by atoms with Crippen LogP contribution in [0.15, 0.2) is 24.7 Å². The van der Waals surface area contributed by atoms with Crippen LogP contribution in [0.4, 0.5) is 0 Å². The third-order valence-electron chi connectivity index (χ3n) is 1.27. The van der Waals surface area contributed by atoms with Crippen LogP contribution in [0.25, 0.3) is 5.65 Å². The lowest BCUT2D eigenvalue weighted by atomic mass is 10.6. The SMILES string of the molecule is Clc1nccc2nccn12. The molecule has 0 bridgehead atoms. The lowest BCUT2D eigenvalue weighted by Crippen LogP contribution is -1.86. The number of aromatic nitrogens is 3. The van der Waals surface area contributed by atoms with E-state index in [0.29, 0.717) is 5.28 Å². The average molecular weight is 154 g/mol. The fourth-order valence-corrected chi connectivity index (χ4v) is 1.02. The first-order valence-electron chi connectivity index (χ1n) is 2.81. The summed E-state index contributed by atoms with van der Waals surface area (Å²) in [5.41, 5.74) is 0.819. The molecule has 0 aliphatic heterocycles. The van der Waals surface area contributed by atoms with Gasteiger partial charge >= 0.3 is 0 Å². The van der Waals surface area contributed by atoms with Gasteiger partial charge in [0.15, 0.2) is 0 Å². The van der Waals surface area contributed by atoms with Crippen LogP contribution in [-0.2, 0) is 0 Å². The van der Waals surface area contributed by atoms with Crippen molar-refractivity contribution >= 4 is 17.2 Å². The van der Waals surface area contributed by atoms with Crippen molar-refractivity contribution in [2.75, 3.05) is 0 Å². The monoisotopic (exact) mass is 153 g/mol. The Bertz CT molecular complexity index is 355. The van der Waals surface area contributed by atoms with E-state index in [-0.39, 0.29) is 0 Å². The first kappa shape index (κ1) is 5.68. The Morgan fingerprint density at radius 3 is 3.00 bits per heavy atom. The Hall–Kier alpha value is -1.09. The van der Waals surface area contributed by atoms with Crippen LogP contribution in [0.1, 0.15) is 0 Å². The van der Waals surface area contributed by atoms with Gasteiger partial charge in [-0.15, -0.1) is 0 Å². The molecule has 0 radical (unpaired) electrons. The number of rotatable bonds is 0. The van der Waals surface area contributed by atoms with Gasteiger partial charge in [0.1, 0.15) is 5.65 Å².